The summed E-state index contributed by atoms with van der Waals surface area (Å²) in [6.07, 6.45) is 5.71. The topological polar surface area (TPSA) is 101 Å². The first-order valence-electron chi connectivity index (χ1n) is 8.81. The summed E-state index contributed by atoms with van der Waals surface area (Å²) in [6, 6.07) is 8.16. The van der Waals surface area contributed by atoms with Crippen molar-refractivity contribution in [2.24, 2.45) is 11.6 Å². The van der Waals surface area contributed by atoms with Crippen LogP contribution in [-0.4, -0.2) is 47.0 Å². The van der Waals surface area contributed by atoms with E-state index in [2.05, 4.69) is 22.1 Å². The van der Waals surface area contributed by atoms with E-state index in [0.717, 1.165) is 35.7 Å². The second-order valence-corrected chi connectivity index (χ2v) is 6.89. The molecule has 0 unspecified atom stereocenters. The first-order valence-corrected chi connectivity index (χ1v) is 8.81. The molecule has 0 radical (unpaired) electrons. The maximum absolute atomic E-state index is 12.3. The van der Waals surface area contributed by atoms with E-state index in [4.69, 9.17) is 11.6 Å². The van der Waals surface area contributed by atoms with Gasteiger partial charge in [-0.15, -0.1) is 0 Å². The van der Waals surface area contributed by atoms with E-state index < -0.39 is 0 Å². The van der Waals surface area contributed by atoms with E-state index in [1.54, 1.807) is 19.4 Å². The molecule has 2 aromatic rings. The summed E-state index contributed by atoms with van der Waals surface area (Å²) in [7, 11) is 1.71. The van der Waals surface area contributed by atoms with Gasteiger partial charge < -0.3 is 16.1 Å². The molecule has 26 heavy (non-hydrogen) atoms. The Morgan fingerprint density at radius 1 is 1.42 bits per heavy atom. The van der Waals surface area contributed by atoms with E-state index >= 15 is 0 Å². The zero-order valence-electron chi connectivity index (χ0n) is 15.3. The number of carbonyl (C=O) groups excluding carboxylic acids is 1. The van der Waals surface area contributed by atoms with E-state index in [-0.39, 0.29) is 5.91 Å². The van der Waals surface area contributed by atoms with Gasteiger partial charge in [-0.1, -0.05) is 12.1 Å². The molecular weight excluding hydrogens is 328 g/mol. The molecule has 7 heteroatoms. The number of hydrogen-bond donors (Lipinski definition) is 3. The minimum atomic E-state index is -0.0362. The lowest BCUT2D eigenvalue weighted by atomic mass is 10.1. The highest BCUT2D eigenvalue weighted by Crippen LogP contribution is 2.21. The van der Waals surface area contributed by atoms with Gasteiger partial charge in [0.2, 0.25) is 5.91 Å². The fraction of sp³-hybridized carbons (Fsp3) is 0.368. The van der Waals surface area contributed by atoms with E-state index in [1.807, 2.05) is 24.3 Å². The smallest absolute Gasteiger partial charge is 0.239 e. The maximum atomic E-state index is 12.3. The fourth-order valence-electron chi connectivity index (χ4n) is 3.28. The van der Waals surface area contributed by atoms with Crippen molar-refractivity contribution in [1.82, 2.24) is 14.9 Å². The van der Waals surface area contributed by atoms with Crippen LogP contribution in [0.2, 0.25) is 0 Å². The van der Waals surface area contributed by atoms with Crippen molar-refractivity contribution in [2.45, 2.75) is 25.8 Å². The first-order chi connectivity index (χ1) is 12.4. The molecule has 1 aromatic heterocycles. The van der Waals surface area contributed by atoms with Crippen molar-refractivity contribution in [2.75, 3.05) is 25.5 Å². The van der Waals surface area contributed by atoms with E-state index in [1.165, 1.54) is 5.01 Å². The van der Waals surface area contributed by atoms with Crippen LogP contribution < -0.4 is 16.9 Å². The molecule has 0 aliphatic carbocycles. The number of benzene rings is 1. The number of nitrogens with one attached hydrogen (secondary N) is 1. The average Bonchev–Trinajstić information content (AvgIpc) is 2.98. The number of anilines is 1. The van der Waals surface area contributed by atoms with Gasteiger partial charge in [-0.05, 0) is 49.4 Å². The van der Waals surface area contributed by atoms with Gasteiger partial charge in [-0.3, -0.25) is 9.69 Å². The van der Waals surface area contributed by atoms with Crippen LogP contribution >= 0.6 is 0 Å². The van der Waals surface area contributed by atoms with Crippen LogP contribution in [-0.2, 0) is 4.79 Å². The van der Waals surface area contributed by atoms with Gasteiger partial charge in [0.25, 0.3) is 0 Å². The van der Waals surface area contributed by atoms with Crippen molar-refractivity contribution >= 4 is 28.2 Å². The van der Waals surface area contributed by atoms with Crippen LogP contribution in [0, 0.1) is 0 Å². The van der Waals surface area contributed by atoms with Crippen LogP contribution in [0.1, 0.15) is 25.3 Å². The molecule has 1 fully saturated rings. The first kappa shape index (κ1) is 18.2. The highest BCUT2D eigenvalue weighted by molar-refractivity contribution is 5.94. The molecule has 3 rings (SSSR count). The molecule has 138 valence electrons. The minimum Gasteiger partial charge on any atom is -0.397 e. The maximum Gasteiger partial charge on any atom is 0.239 e. The van der Waals surface area contributed by atoms with Crippen molar-refractivity contribution in [3.05, 3.63) is 42.2 Å². The summed E-state index contributed by atoms with van der Waals surface area (Å²) < 4.78 is 0. The molecule has 1 amide bonds. The number of hydrogen-bond acceptors (Lipinski definition) is 6. The van der Waals surface area contributed by atoms with Gasteiger partial charge in [0.05, 0.1) is 12.2 Å². The molecule has 0 spiro atoms. The predicted octanol–water partition coefficient (Wildman–Crippen LogP) is 1.72. The van der Waals surface area contributed by atoms with Crippen molar-refractivity contribution in [1.29, 1.82) is 0 Å². The summed E-state index contributed by atoms with van der Waals surface area (Å²) in [5, 5.41) is 6.25. The number of pyridine rings is 1. The summed E-state index contributed by atoms with van der Waals surface area (Å²) in [5.41, 5.74) is 7.50. The predicted molar refractivity (Wildman–Crippen MR) is 105 cm³/mol. The number of hydrazine groups is 1. The lowest BCUT2D eigenvalue weighted by Gasteiger charge is -2.19. The van der Waals surface area contributed by atoms with Crippen molar-refractivity contribution in [3.8, 4) is 0 Å². The molecule has 0 bridgehead atoms. The standard InChI is InChI=1S/C19H26N6O/c1-13-4-3-7-25(13)12-19(26)23-18-9-16-8-14(17(20)11-24(2)21)5-6-15(16)10-22-18/h5-6,8-11,13H,3-4,7,12,20-21H2,1-2H3,(H,22,23,26)/b17-11-/t13-/m1/s1. The third kappa shape index (κ3) is 4.30. The largest absolute Gasteiger partial charge is 0.397 e. The molecule has 5 N–H and O–H groups in total. The number of nitrogens with two attached hydrogens (primary N) is 2. The number of aromatic nitrogens is 1. The Kier molecular flexibility index (Phi) is 5.39. The monoisotopic (exact) mass is 354 g/mol. The van der Waals surface area contributed by atoms with Crippen molar-refractivity contribution in [3.63, 3.8) is 0 Å². The Morgan fingerprint density at radius 2 is 2.23 bits per heavy atom. The number of amides is 1. The molecule has 2 heterocycles. The number of fused-ring (bicyclic) bond motifs is 1. The van der Waals surface area contributed by atoms with E-state index in [0.29, 0.717) is 24.1 Å². The second kappa shape index (κ2) is 7.72. The zero-order valence-corrected chi connectivity index (χ0v) is 15.3. The molecule has 1 aliphatic rings. The third-order valence-electron chi connectivity index (χ3n) is 4.70. The number of rotatable bonds is 5. The van der Waals surface area contributed by atoms with Crippen LogP contribution in [0.4, 0.5) is 5.82 Å². The Hall–Kier alpha value is -2.64. The van der Waals surface area contributed by atoms with Gasteiger partial charge >= 0.3 is 0 Å². The summed E-state index contributed by atoms with van der Waals surface area (Å²) in [5.74, 6) is 6.12. The second-order valence-electron chi connectivity index (χ2n) is 6.89. The Morgan fingerprint density at radius 3 is 2.92 bits per heavy atom. The molecule has 1 saturated heterocycles. The quantitative estimate of drug-likeness (QED) is 0.558. The van der Waals surface area contributed by atoms with Gasteiger partial charge in [-0.2, -0.15) is 0 Å². The Labute approximate surface area is 153 Å². The average molecular weight is 354 g/mol. The normalized spacial score (nSPS) is 18.3. The minimum absolute atomic E-state index is 0.0362. The van der Waals surface area contributed by atoms with Gasteiger partial charge in [-0.25, -0.2) is 10.8 Å². The molecule has 7 nitrogen and oxygen atoms in total. The summed E-state index contributed by atoms with van der Waals surface area (Å²) in [6.45, 7) is 3.54. The Bertz CT molecular complexity index is 832. The summed E-state index contributed by atoms with van der Waals surface area (Å²) in [4.78, 5) is 18.8. The SMILES string of the molecule is C[C@@H]1CCCN1CC(=O)Nc1cc2cc(/C(N)=C/N(C)N)ccc2cn1. The van der Waals surface area contributed by atoms with Crippen LogP contribution in [0.3, 0.4) is 0 Å². The van der Waals surface area contributed by atoms with Gasteiger partial charge in [0.15, 0.2) is 0 Å². The summed E-state index contributed by atoms with van der Waals surface area (Å²) >= 11 is 0. The Balaban J connectivity index is 1.76. The molecule has 1 aliphatic heterocycles. The highest BCUT2D eigenvalue weighted by atomic mass is 16.2. The fourth-order valence-corrected chi connectivity index (χ4v) is 3.28. The molecule has 1 aromatic carbocycles. The van der Waals surface area contributed by atoms with Crippen LogP contribution in [0.15, 0.2) is 36.7 Å². The molecule has 0 saturated carbocycles. The molecular formula is C19H26N6O. The number of nitrogens with zero attached hydrogens (tertiary/aromatic N) is 3. The lowest BCUT2D eigenvalue weighted by molar-refractivity contribution is -0.117. The number of likely N-dealkylation sites (tertiary alicyclic amines) is 1. The van der Waals surface area contributed by atoms with Crippen LogP contribution in [0.25, 0.3) is 16.5 Å². The highest BCUT2D eigenvalue weighted by Gasteiger charge is 2.22. The van der Waals surface area contributed by atoms with Crippen molar-refractivity contribution < 1.29 is 4.79 Å². The molecule has 1 atom stereocenters. The van der Waals surface area contributed by atoms with Crippen LogP contribution in [0.5, 0.6) is 0 Å². The number of carbonyl (C=O) groups is 1. The zero-order chi connectivity index (χ0) is 18.7. The van der Waals surface area contributed by atoms with Gasteiger partial charge in [0, 0.05) is 30.9 Å². The third-order valence-corrected chi connectivity index (χ3v) is 4.70. The lowest BCUT2D eigenvalue weighted by Crippen LogP contribution is -2.35. The van der Waals surface area contributed by atoms with Gasteiger partial charge in [0.1, 0.15) is 5.82 Å². The van der Waals surface area contributed by atoms with E-state index in [9.17, 15) is 4.79 Å².